The normalized spacial score (nSPS) is 22.5. The molecule has 0 aromatic heterocycles. The molecule has 0 aliphatic carbocycles. The fraction of sp³-hybridized carbons (Fsp3) is 0.556. The molecule has 1 aromatic carbocycles. The van der Waals surface area contributed by atoms with Crippen LogP contribution in [-0.4, -0.2) is 35.1 Å². The van der Waals surface area contributed by atoms with E-state index in [0.717, 1.165) is 23.7 Å². The average molecular weight is 334 g/mol. The van der Waals surface area contributed by atoms with Crippen LogP contribution in [0.1, 0.15) is 34.1 Å². The topological polar surface area (TPSA) is 49.4 Å². The Bertz CT molecular complexity index is 549. The van der Waals surface area contributed by atoms with Crippen molar-refractivity contribution in [2.45, 2.75) is 44.3 Å². The lowest BCUT2D eigenvalue weighted by Gasteiger charge is -2.36. The summed E-state index contributed by atoms with van der Waals surface area (Å²) in [5.41, 5.74) is 0.777. The zero-order valence-electron chi connectivity index (χ0n) is 14.3. The molecule has 23 heavy (non-hydrogen) atoms. The van der Waals surface area contributed by atoms with Gasteiger partial charge in [0.1, 0.15) is 0 Å². The first-order valence-electron chi connectivity index (χ1n) is 8.18. The van der Waals surface area contributed by atoms with Gasteiger partial charge in [0.15, 0.2) is 0 Å². The first kappa shape index (κ1) is 17.9. The SMILES string of the molecule is CC(=O)Nc1ccc(S[C@H](C)C(=O)N2C[C@@H](C)C[C@H](C)C2)cc1. The second-order valence-corrected chi connectivity index (χ2v) is 8.07. The highest BCUT2D eigenvalue weighted by Gasteiger charge is 2.28. The van der Waals surface area contributed by atoms with E-state index in [1.165, 1.54) is 13.3 Å². The fourth-order valence-corrected chi connectivity index (χ4v) is 4.13. The Morgan fingerprint density at radius 1 is 1.17 bits per heavy atom. The summed E-state index contributed by atoms with van der Waals surface area (Å²) in [7, 11) is 0. The van der Waals surface area contributed by atoms with Gasteiger partial charge in [-0.2, -0.15) is 0 Å². The van der Waals surface area contributed by atoms with Crippen molar-refractivity contribution in [3.05, 3.63) is 24.3 Å². The standard InChI is InChI=1S/C18H26N2O2S/c1-12-9-13(2)11-20(10-12)18(22)14(3)23-17-7-5-16(6-8-17)19-15(4)21/h5-8,12-14H,9-11H2,1-4H3,(H,19,21)/t12-,13-,14+/m0/s1. The summed E-state index contributed by atoms with van der Waals surface area (Å²) in [4.78, 5) is 26.7. The first-order valence-corrected chi connectivity index (χ1v) is 9.06. The van der Waals surface area contributed by atoms with Crippen molar-refractivity contribution in [1.82, 2.24) is 4.90 Å². The van der Waals surface area contributed by atoms with Crippen molar-refractivity contribution >= 4 is 29.3 Å². The number of hydrogen-bond acceptors (Lipinski definition) is 3. The molecule has 0 bridgehead atoms. The first-order chi connectivity index (χ1) is 10.8. The third-order valence-corrected chi connectivity index (χ3v) is 5.12. The Hall–Kier alpha value is -1.49. The highest BCUT2D eigenvalue weighted by Crippen LogP contribution is 2.28. The van der Waals surface area contributed by atoms with E-state index in [0.29, 0.717) is 11.8 Å². The predicted octanol–water partition coefficient (Wildman–Crippen LogP) is 3.63. The second-order valence-electron chi connectivity index (χ2n) is 6.65. The molecule has 1 aromatic rings. The minimum Gasteiger partial charge on any atom is -0.341 e. The molecule has 3 atom stereocenters. The number of carbonyl (C=O) groups is 2. The molecule has 1 saturated heterocycles. The Morgan fingerprint density at radius 3 is 2.26 bits per heavy atom. The lowest BCUT2D eigenvalue weighted by molar-refractivity contribution is -0.133. The summed E-state index contributed by atoms with van der Waals surface area (Å²) >= 11 is 1.57. The average Bonchev–Trinajstić information content (AvgIpc) is 2.47. The van der Waals surface area contributed by atoms with Crippen LogP contribution >= 0.6 is 11.8 Å². The number of amides is 2. The number of carbonyl (C=O) groups excluding carboxylic acids is 2. The van der Waals surface area contributed by atoms with Crippen molar-refractivity contribution in [3.63, 3.8) is 0 Å². The number of nitrogens with zero attached hydrogens (tertiary/aromatic N) is 1. The van der Waals surface area contributed by atoms with Crippen LogP contribution in [0.2, 0.25) is 0 Å². The van der Waals surface area contributed by atoms with Gasteiger partial charge in [0.2, 0.25) is 11.8 Å². The molecule has 1 heterocycles. The molecule has 1 N–H and O–H groups in total. The van der Waals surface area contributed by atoms with E-state index in [1.807, 2.05) is 36.1 Å². The molecular formula is C18H26N2O2S. The third-order valence-electron chi connectivity index (χ3n) is 4.02. The summed E-state index contributed by atoms with van der Waals surface area (Å²) in [6.07, 6.45) is 1.20. The van der Waals surface area contributed by atoms with Crippen LogP contribution in [0.25, 0.3) is 0 Å². The van der Waals surface area contributed by atoms with Crippen molar-refractivity contribution in [3.8, 4) is 0 Å². The van der Waals surface area contributed by atoms with Gasteiger partial charge in [-0.05, 0) is 49.4 Å². The van der Waals surface area contributed by atoms with Crippen LogP contribution in [0.5, 0.6) is 0 Å². The molecule has 2 amide bonds. The smallest absolute Gasteiger partial charge is 0.235 e. The van der Waals surface area contributed by atoms with E-state index in [4.69, 9.17) is 0 Å². The number of thioether (sulfide) groups is 1. The minimum atomic E-state index is -0.0980. The highest BCUT2D eigenvalue weighted by atomic mass is 32.2. The molecule has 0 radical (unpaired) electrons. The Balaban J connectivity index is 1.94. The molecule has 0 spiro atoms. The molecule has 4 nitrogen and oxygen atoms in total. The van der Waals surface area contributed by atoms with E-state index in [-0.39, 0.29) is 17.1 Å². The lowest BCUT2D eigenvalue weighted by atomic mass is 9.92. The zero-order valence-corrected chi connectivity index (χ0v) is 15.2. The van der Waals surface area contributed by atoms with Crippen LogP contribution < -0.4 is 5.32 Å². The Kier molecular flexibility index (Phi) is 6.10. The number of benzene rings is 1. The van der Waals surface area contributed by atoms with E-state index in [1.54, 1.807) is 11.8 Å². The van der Waals surface area contributed by atoms with Gasteiger partial charge >= 0.3 is 0 Å². The fourth-order valence-electron chi connectivity index (χ4n) is 3.17. The lowest BCUT2D eigenvalue weighted by Crippen LogP contribution is -2.45. The molecule has 0 saturated carbocycles. The van der Waals surface area contributed by atoms with Crippen LogP contribution in [-0.2, 0) is 9.59 Å². The zero-order chi connectivity index (χ0) is 17.0. The highest BCUT2D eigenvalue weighted by molar-refractivity contribution is 8.00. The summed E-state index contributed by atoms with van der Waals surface area (Å²) in [6, 6.07) is 7.63. The maximum absolute atomic E-state index is 12.7. The van der Waals surface area contributed by atoms with E-state index >= 15 is 0 Å². The summed E-state index contributed by atoms with van der Waals surface area (Å²) < 4.78 is 0. The van der Waals surface area contributed by atoms with E-state index in [2.05, 4.69) is 19.2 Å². The molecule has 1 fully saturated rings. The van der Waals surface area contributed by atoms with Crippen molar-refractivity contribution < 1.29 is 9.59 Å². The molecule has 1 aliphatic heterocycles. The van der Waals surface area contributed by atoms with Gasteiger partial charge in [-0.1, -0.05) is 13.8 Å². The molecule has 1 aliphatic rings. The second kappa shape index (κ2) is 7.86. The molecule has 126 valence electrons. The molecule has 5 heteroatoms. The van der Waals surface area contributed by atoms with Crippen molar-refractivity contribution in [1.29, 1.82) is 0 Å². The van der Waals surface area contributed by atoms with Crippen LogP contribution in [0.15, 0.2) is 29.2 Å². The number of hydrogen-bond donors (Lipinski definition) is 1. The van der Waals surface area contributed by atoms with Gasteiger partial charge in [0, 0.05) is 30.6 Å². The van der Waals surface area contributed by atoms with Gasteiger partial charge in [0.05, 0.1) is 5.25 Å². The molecule has 2 rings (SSSR count). The number of piperidine rings is 1. The van der Waals surface area contributed by atoms with Gasteiger partial charge < -0.3 is 10.2 Å². The number of rotatable bonds is 4. The van der Waals surface area contributed by atoms with E-state index in [9.17, 15) is 9.59 Å². The number of anilines is 1. The van der Waals surface area contributed by atoms with Crippen LogP contribution in [0, 0.1) is 11.8 Å². The largest absolute Gasteiger partial charge is 0.341 e. The van der Waals surface area contributed by atoms with Crippen LogP contribution in [0.3, 0.4) is 0 Å². The molecule has 0 unspecified atom stereocenters. The van der Waals surface area contributed by atoms with Gasteiger partial charge in [-0.15, -0.1) is 11.8 Å². The van der Waals surface area contributed by atoms with Crippen molar-refractivity contribution in [2.24, 2.45) is 11.8 Å². The third kappa shape index (κ3) is 5.27. The van der Waals surface area contributed by atoms with Gasteiger partial charge in [-0.3, -0.25) is 9.59 Å². The quantitative estimate of drug-likeness (QED) is 0.856. The summed E-state index contributed by atoms with van der Waals surface area (Å²) in [6.45, 7) is 9.64. The summed E-state index contributed by atoms with van der Waals surface area (Å²) in [5, 5.41) is 2.65. The van der Waals surface area contributed by atoms with Gasteiger partial charge in [0.25, 0.3) is 0 Å². The maximum atomic E-state index is 12.7. The number of likely N-dealkylation sites (tertiary alicyclic amines) is 1. The monoisotopic (exact) mass is 334 g/mol. The van der Waals surface area contributed by atoms with Crippen molar-refractivity contribution in [2.75, 3.05) is 18.4 Å². The van der Waals surface area contributed by atoms with E-state index < -0.39 is 0 Å². The maximum Gasteiger partial charge on any atom is 0.235 e. The molecular weight excluding hydrogens is 308 g/mol. The summed E-state index contributed by atoms with van der Waals surface area (Å²) in [5.74, 6) is 1.30. The van der Waals surface area contributed by atoms with Gasteiger partial charge in [-0.25, -0.2) is 0 Å². The Labute approximate surface area is 143 Å². The predicted molar refractivity (Wildman–Crippen MR) is 95.6 cm³/mol. The number of nitrogens with one attached hydrogen (secondary N) is 1. The van der Waals surface area contributed by atoms with Crippen LogP contribution in [0.4, 0.5) is 5.69 Å². The minimum absolute atomic E-state index is 0.0812. The Morgan fingerprint density at radius 2 is 1.74 bits per heavy atom.